The van der Waals surface area contributed by atoms with E-state index in [1.165, 1.54) is 39.5 Å². The molecule has 1 saturated heterocycles. The van der Waals surface area contributed by atoms with Gasteiger partial charge in [0.05, 0.1) is 14.2 Å². The number of sulfonamides is 1. The van der Waals surface area contributed by atoms with Gasteiger partial charge in [0.15, 0.2) is 0 Å². The lowest BCUT2D eigenvalue weighted by atomic mass is 10.2. The Kier molecular flexibility index (Phi) is 6.89. The third kappa shape index (κ3) is 4.40. The fourth-order valence-electron chi connectivity index (χ4n) is 2.90. The van der Waals surface area contributed by atoms with E-state index in [9.17, 15) is 8.42 Å². The third-order valence-electron chi connectivity index (χ3n) is 4.40. The monoisotopic (exact) mass is 356 g/mol. The van der Waals surface area contributed by atoms with E-state index >= 15 is 0 Å². The van der Waals surface area contributed by atoms with Crippen molar-refractivity contribution in [2.45, 2.75) is 31.1 Å². The van der Waals surface area contributed by atoms with E-state index in [0.717, 1.165) is 19.6 Å². The minimum Gasteiger partial charge on any atom is -0.497 e. The van der Waals surface area contributed by atoms with Gasteiger partial charge in [-0.2, -0.15) is 4.31 Å². The molecule has 1 heterocycles. The van der Waals surface area contributed by atoms with E-state index in [0.29, 0.717) is 24.6 Å². The first-order chi connectivity index (χ1) is 11.5. The molecule has 0 saturated carbocycles. The maximum absolute atomic E-state index is 13.0. The number of benzene rings is 1. The highest BCUT2D eigenvalue weighted by atomic mass is 32.2. The largest absolute Gasteiger partial charge is 0.497 e. The number of hydrogen-bond acceptors (Lipinski definition) is 5. The molecule has 1 fully saturated rings. The molecule has 0 atom stereocenters. The summed E-state index contributed by atoms with van der Waals surface area (Å²) in [5.74, 6) is 0.855. The van der Waals surface area contributed by atoms with Crippen LogP contribution in [-0.2, 0) is 10.0 Å². The Morgan fingerprint density at radius 1 is 1.04 bits per heavy atom. The van der Waals surface area contributed by atoms with Gasteiger partial charge in [0.1, 0.15) is 16.4 Å². The molecule has 0 aliphatic carbocycles. The molecule has 0 radical (unpaired) electrons. The van der Waals surface area contributed by atoms with Crippen molar-refractivity contribution in [2.75, 3.05) is 46.9 Å². The smallest absolute Gasteiger partial charge is 0.246 e. The molecule has 1 aliphatic heterocycles. The maximum Gasteiger partial charge on any atom is 0.246 e. The van der Waals surface area contributed by atoms with Crippen molar-refractivity contribution in [1.29, 1.82) is 0 Å². The van der Waals surface area contributed by atoms with Crippen LogP contribution in [0, 0.1) is 0 Å². The topological polar surface area (TPSA) is 59.1 Å². The van der Waals surface area contributed by atoms with Crippen LogP contribution in [0.2, 0.25) is 0 Å². The highest BCUT2D eigenvalue weighted by Crippen LogP contribution is 2.31. The summed E-state index contributed by atoms with van der Waals surface area (Å²) in [5.41, 5.74) is 0. The summed E-state index contributed by atoms with van der Waals surface area (Å²) >= 11 is 0. The van der Waals surface area contributed by atoms with Crippen LogP contribution in [-0.4, -0.2) is 64.6 Å². The van der Waals surface area contributed by atoms with Crippen molar-refractivity contribution in [2.24, 2.45) is 0 Å². The molecule has 1 aromatic carbocycles. The molecule has 0 N–H and O–H groups in total. The van der Waals surface area contributed by atoms with Gasteiger partial charge >= 0.3 is 0 Å². The molecule has 24 heavy (non-hydrogen) atoms. The number of unbranched alkanes of at least 4 members (excludes halogenated alkanes) is 2. The molecule has 0 amide bonds. The second-order valence-corrected chi connectivity index (χ2v) is 7.88. The lowest BCUT2D eigenvalue weighted by Crippen LogP contribution is -2.48. The van der Waals surface area contributed by atoms with Gasteiger partial charge in [-0.15, -0.1) is 0 Å². The van der Waals surface area contributed by atoms with Crippen LogP contribution in [0.15, 0.2) is 23.1 Å². The zero-order valence-corrected chi connectivity index (χ0v) is 15.6. The zero-order valence-electron chi connectivity index (χ0n) is 14.8. The number of ether oxygens (including phenoxy) is 2. The molecule has 0 spiro atoms. The number of piperazine rings is 1. The first-order valence-corrected chi connectivity index (χ1v) is 9.91. The van der Waals surface area contributed by atoms with Crippen LogP contribution in [0.25, 0.3) is 0 Å². The van der Waals surface area contributed by atoms with Gasteiger partial charge < -0.3 is 14.4 Å². The summed E-state index contributed by atoms with van der Waals surface area (Å²) in [6, 6.07) is 4.86. The van der Waals surface area contributed by atoms with Gasteiger partial charge in [0, 0.05) is 32.2 Å². The standard InChI is InChI=1S/C17H28N2O4S/c1-4-5-6-9-18-10-12-19(13-11-18)24(20,21)17-14-15(22-2)7-8-16(17)23-3/h7-8,14H,4-6,9-13H2,1-3H3. The molecule has 1 aliphatic rings. The Morgan fingerprint density at radius 3 is 2.33 bits per heavy atom. The molecule has 7 heteroatoms. The molecule has 1 aromatic rings. The van der Waals surface area contributed by atoms with Gasteiger partial charge in [-0.25, -0.2) is 8.42 Å². The van der Waals surface area contributed by atoms with Gasteiger partial charge in [-0.05, 0) is 25.1 Å². The summed E-state index contributed by atoms with van der Waals surface area (Å²) in [6.45, 7) is 5.80. The Balaban J connectivity index is 2.09. The highest BCUT2D eigenvalue weighted by Gasteiger charge is 2.31. The van der Waals surface area contributed by atoms with Crippen LogP contribution in [0.5, 0.6) is 11.5 Å². The van der Waals surface area contributed by atoms with Gasteiger partial charge in [-0.1, -0.05) is 19.8 Å². The second kappa shape index (κ2) is 8.69. The van der Waals surface area contributed by atoms with Gasteiger partial charge in [0.25, 0.3) is 0 Å². The van der Waals surface area contributed by atoms with Crippen LogP contribution < -0.4 is 9.47 Å². The van der Waals surface area contributed by atoms with Crippen molar-refractivity contribution in [3.63, 3.8) is 0 Å². The Labute approximate surface area is 145 Å². The van der Waals surface area contributed by atoms with E-state index in [1.54, 1.807) is 16.4 Å². The predicted octanol–water partition coefficient (Wildman–Crippen LogP) is 2.20. The van der Waals surface area contributed by atoms with Crippen molar-refractivity contribution in [3.05, 3.63) is 18.2 Å². The minimum absolute atomic E-state index is 0.170. The van der Waals surface area contributed by atoms with Crippen LogP contribution in [0.4, 0.5) is 0 Å². The summed E-state index contributed by atoms with van der Waals surface area (Å²) < 4.78 is 37.9. The maximum atomic E-state index is 13.0. The SMILES string of the molecule is CCCCCN1CCN(S(=O)(=O)c2cc(OC)ccc2OC)CC1. The average Bonchev–Trinajstić information content (AvgIpc) is 2.61. The van der Waals surface area contributed by atoms with Crippen LogP contribution >= 0.6 is 0 Å². The summed E-state index contributed by atoms with van der Waals surface area (Å²) in [7, 11) is -0.585. The molecule has 6 nitrogen and oxygen atoms in total. The lowest BCUT2D eigenvalue weighted by molar-refractivity contribution is 0.185. The quantitative estimate of drug-likeness (QED) is 0.668. The Hall–Kier alpha value is -1.31. The molecule has 2 rings (SSSR count). The molecular weight excluding hydrogens is 328 g/mol. The lowest BCUT2D eigenvalue weighted by Gasteiger charge is -2.34. The van der Waals surface area contributed by atoms with E-state index in [4.69, 9.17) is 9.47 Å². The van der Waals surface area contributed by atoms with Gasteiger partial charge in [0.2, 0.25) is 10.0 Å². The summed E-state index contributed by atoms with van der Waals surface area (Å²) in [6.07, 6.45) is 3.59. The fourth-order valence-corrected chi connectivity index (χ4v) is 4.50. The van der Waals surface area contributed by atoms with E-state index < -0.39 is 10.0 Å². The fraction of sp³-hybridized carbons (Fsp3) is 0.647. The highest BCUT2D eigenvalue weighted by molar-refractivity contribution is 7.89. The predicted molar refractivity (Wildman–Crippen MR) is 94.3 cm³/mol. The average molecular weight is 356 g/mol. The molecule has 136 valence electrons. The molecule has 0 aromatic heterocycles. The van der Waals surface area contributed by atoms with Crippen molar-refractivity contribution in [1.82, 2.24) is 9.21 Å². The van der Waals surface area contributed by atoms with E-state index in [-0.39, 0.29) is 4.90 Å². The minimum atomic E-state index is -3.58. The third-order valence-corrected chi connectivity index (χ3v) is 6.32. The summed E-state index contributed by atoms with van der Waals surface area (Å²) in [4.78, 5) is 2.51. The van der Waals surface area contributed by atoms with Crippen LogP contribution in [0.1, 0.15) is 26.2 Å². The second-order valence-electron chi connectivity index (χ2n) is 5.97. The van der Waals surface area contributed by atoms with Gasteiger partial charge in [-0.3, -0.25) is 0 Å². The number of nitrogens with zero attached hydrogens (tertiary/aromatic N) is 2. The number of rotatable bonds is 8. The van der Waals surface area contributed by atoms with Crippen LogP contribution in [0.3, 0.4) is 0 Å². The van der Waals surface area contributed by atoms with Crippen molar-refractivity contribution < 1.29 is 17.9 Å². The van der Waals surface area contributed by atoms with E-state index in [2.05, 4.69) is 11.8 Å². The molecular formula is C17H28N2O4S. The molecule has 0 unspecified atom stereocenters. The first-order valence-electron chi connectivity index (χ1n) is 8.47. The zero-order chi connectivity index (χ0) is 17.6. The van der Waals surface area contributed by atoms with Crippen molar-refractivity contribution in [3.8, 4) is 11.5 Å². The molecule has 0 bridgehead atoms. The van der Waals surface area contributed by atoms with E-state index in [1.807, 2.05) is 0 Å². The summed E-state index contributed by atoms with van der Waals surface area (Å²) in [5, 5.41) is 0. The Morgan fingerprint density at radius 2 is 1.75 bits per heavy atom. The number of hydrogen-bond donors (Lipinski definition) is 0. The first kappa shape index (κ1) is 19.0. The van der Waals surface area contributed by atoms with Crippen molar-refractivity contribution >= 4 is 10.0 Å². The number of methoxy groups -OCH3 is 2. The normalized spacial score (nSPS) is 17.0. The Bertz CT molecular complexity index is 625.